The molecule has 1 aromatic carbocycles. The van der Waals surface area contributed by atoms with Crippen molar-refractivity contribution in [2.24, 2.45) is 0 Å². The molecule has 1 heterocycles. The van der Waals surface area contributed by atoms with Gasteiger partial charge in [0.25, 0.3) is 0 Å². The van der Waals surface area contributed by atoms with Gasteiger partial charge in [-0.1, -0.05) is 6.92 Å². The summed E-state index contributed by atoms with van der Waals surface area (Å²) in [6, 6.07) is 12.1. The predicted octanol–water partition coefficient (Wildman–Crippen LogP) is 3.69. The van der Waals surface area contributed by atoms with Crippen molar-refractivity contribution in [3.05, 3.63) is 47.9 Å². The molecule has 0 fully saturated rings. The van der Waals surface area contributed by atoms with E-state index in [-0.39, 0.29) is 0 Å². The monoisotopic (exact) mass is 277 g/mol. The molecule has 4 heteroatoms. The topological polar surface area (TPSA) is 34.4 Å². The Morgan fingerprint density at radius 1 is 1.11 bits per heavy atom. The normalized spacial score (nSPS) is 10.6. The molecule has 102 valence electrons. The van der Waals surface area contributed by atoms with Crippen LogP contribution in [0.4, 0.5) is 0 Å². The molecule has 0 amide bonds. The molecule has 0 aliphatic heterocycles. The summed E-state index contributed by atoms with van der Waals surface area (Å²) in [5.74, 6) is 3.73. The lowest BCUT2D eigenvalue weighted by atomic mass is 10.3. The largest absolute Gasteiger partial charge is 0.497 e. The number of hydrogen-bond donors (Lipinski definition) is 1. The Bertz CT molecular complexity index is 493. The summed E-state index contributed by atoms with van der Waals surface area (Å²) in [6.45, 7) is 3.84. The van der Waals surface area contributed by atoms with Gasteiger partial charge in [-0.15, -0.1) is 11.8 Å². The van der Waals surface area contributed by atoms with Crippen LogP contribution in [-0.2, 0) is 12.3 Å². The van der Waals surface area contributed by atoms with E-state index in [1.165, 1.54) is 4.90 Å². The number of ether oxygens (including phenoxy) is 1. The van der Waals surface area contributed by atoms with Crippen LogP contribution in [0.1, 0.15) is 18.4 Å². The van der Waals surface area contributed by atoms with E-state index in [0.717, 1.165) is 36.1 Å². The highest BCUT2D eigenvalue weighted by molar-refractivity contribution is 7.98. The lowest BCUT2D eigenvalue weighted by molar-refractivity contribution is 0.414. The van der Waals surface area contributed by atoms with E-state index in [1.807, 2.05) is 24.3 Å². The van der Waals surface area contributed by atoms with Crippen molar-refractivity contribution in [3.63, 3.8) is 0 Å². The molecule has 19 heavy (non-hydrogen) atoms. The summed E-state index contributed by atoms with van der Waals surface area (Å²) in [6.07, 6.45) is 0. The average Bonchev–Trinajstić information content (AvgIpc) is 2.91. The second-order valence-electron chi connectivity index (χ2n) is 4.11. The minimum atomic E-state index is 0.795. The maximum absolute atomic E-state index is 5.74. The third-order valence-corrected chi connectivity index (χ3v) is 3.74. The van der Waals surface area contributed by atoms with Gasteiger partial charge in [0.15, 0.2) is 0 Å². The molecule has 2 rings (SSSR count). The zero-order valence-electron chi connectivity index (χ0n) is 11.3. The van der Waals surface area contributed by atoms with E-state index < -0.39 is 0 Å². The van der Waals surface area contributed by atoms with Crippen LogP contribution in [0.2, 0.25) is 0 Å². The molecule has 0 aliphatic rings. The Morgan fingerprint density at radius 2 is 1.84 bits per heavy atom. The first-order chi connectivity index (χ1) is 9.31. The fraction of sp³-hybridized carbons (Fsp3) is 0.333. The molecule has 0 saturated heterocycles. The molecule has 1 N–H and O–H groups in total. The van der Waals surface area contributed by atoms with Crippen LogP contribution >= 0.6 is 11.8 Å². The third-order valence-electron chi connectivity index (χ3n) is 2.71. The molecule has 0 spiro atoms. The van der Waals surface area contributed by atoms with Gasteiger partial charge in [-0.05, 0) is 42.9 Å². The predicted molar refractivity (Wildman–Crippen MR) is 78.6 cm³/mol. The smallest absolute Gasteiger partial charge is 0.118 e. The van der Waals surface area contributed by atoms with E-state index >= 15 is 0 Å². The van der Waals surface area contributed by atoms with Gasteiger partial charge in [0.05, 0.1) is 19.4 Å². The molecule has 2 aromatic rings. The fourth-order valence-electron chi connectivity index (χ4n) is 1.67. The Balaban J connectivity index is 1.85. The van der Waals surface area contributed by atoms with Crippen molar-refractivity contribution in [3.8, 4) is 5.75 Å². The Morgan fingerprint density at radius 3 is 2.53 bits per heavy atom. The second kappa shape index (κ2) is 7.26. The van der Waals surface area contributed by atoms with Crippen LogP contribution in [0.15, 0.2) is 45.7 Å². The maximum Gasteiger partial charge on any atom is 0.118 e. The van der Waals surface area contributed by atoms with Crippen LogP contribution in [0.3, 0.4) is 0 Å². The lowest BCUT2D eigenvalue weighted by Gasteiger charge is -2.02. The number of thioether (sulfide) groups is 1. The summed E-state index contributed by atoms with van der Waals surface area (Å²) >= 11 is 1.76. The Kier molecular flexibility index (Phi) is 5.36. The van der Waals surface area contributed by atoms with Crippen molar-refractivity contribution >= 4 is 11.8 Å². The van der Waals surface area contributed by atoms with Crippen molar-refractivity contribution in [2.45, 2.75) is 24.1 Å². The fourth-order valence-corrected chi connectivity index (χ4v) is 2.46. The molecule has 0 unspecified atom stereocenters. The molecule has 1 aromatic heterocycles. The van der Waals surface area contributed by atoms with Crippen molar-refractivity contribution < 1.29 is 9.15 Å². The summed E-state index contributed by atoms with van der Waals surface area (Å²) < 4.78 is 10.9. The lowest BCUT2D eigenvalue weighted by Crippen LogP contribution is -2.10. The molecule has 0 atom stereocenters. The highest BCUT2D eigenvalue weighted by Crippen LogP contribution is 2.25. The molecule has 0 bridgehead atoms. The first kappa shape index (κ1) is 14.0. The SMILES string of the molecule is CCNCc1ccc(CSc2ccc(OC)cc2)o1. The molecule has 0 aliphatic carbocycles. The van der Waals surface area contributed by atoms with Gasteiger partial charge in [-0.2, -0.15) is 0 Å². The van der Waals surface area contributed by atoms with Gasteiger partial charge in [0.1, 0.15) is 17.3 Å². The van der Waals surface area contributed by atoms with E-state index in [0.29, 0.717) is 0 Å². The zero-order chi connectivity index (χ0) is 13.5. The van der Waals surface area contributed by atoms with E-state index in [9.17, 15) is 0 Å². The van der Waals surface area contributed by atoms with Crippen molar-refractivity contribution in [2.75, 3.05) is 13.7 Å². The summed E-state index contributed by atoms with van der Waals surface area (Å²) in [5, 5.41) is 3.25. The number of methoxy groups -OCH3 is 1. The standard InChI is InChI=1S/C15H19NO2S/c1-3-16-10-13-4-5-14(18-13)11-19-15-8-6-12(17-2)7-9-15/h4-9,16H,3,10-11H2,1-2H3. The highest BCUT2D eigenvalue weighted by atomic mass is 32.2. The number of furan rings is 1. The second-order valence-corrected chi connectivity index (χ2v) is 5.16. The quantitative estimate of drug-likeness (QED) is 0.783. The average molecular weight is 277 g/mol. The highest BCUT2D eigenvalue weighted by Gasteiger charge is 2.03. The molecule has 3 nitrogen and oxygen atoms in total. The van der Waals surface area contributed by atoms with Crippen molar-refractivity contribution in [1.82, 2.24) is 5.32 Å². The number of rotatable bonds is 7. The first-order valence-corrected chi connectivity index (χ1v) is 7.35. The summed E-state index contributed by atoms with van der Waals surface area (Å²) in [7, 11) is 1.68. The van der Waals surface area contributed by atoms with Gasteiger partial charge in [-0.25, -0.2) is 0 Å². The number of benzene rings is 1. The van der Waals surface area contributed by atoms with Gasteiger partial charge in [-0.3, -0.25) is 0 Å². The summed E-state index contributed by atoms with van der Waals surface area (Å²) in [5.41, 5.74) is 0. The van der Waals surface area contributed by atoms with E-state index in [2.05, 4.69) is 24.4 Å². The van der Waals surface area contributed by atoms with Gasteiger partial charge >= 0.3 is 0 Å². The molecular weight excluding hydrogens is 258 g/mol. The van der Waals surface area contributed by atoms with Crippen LogP contribution in [0.5, 0.6) is 5.75 Å². The number of nitrogens with one attached hydrogen (secondary N) is 1. The summed E-state index contributed by atoms with van der Waals surface area (Å²) in [4.78, 5) is 1.21. The molecular formula is C15H19NO2S. The van der Waals surface area contributed by atoms with E-state index in [1.54, 1.807) is 18.9 Å². The van der Waals surface area contributed by atoms with Gasteiger partial charge < -0.3 is 14.5 Å². The zero-order valence-corrected chi connectivity index (χ0v) is 12.1. The van der Waals surface area contributed by atoms with Gasteiger partial charge in [0, 0.05) is 4.90 Å². The Labute approximate surface area is 118 Å². The maximum atomic E-state index is 5.74. The number of hydrogen-bond acceptors (Lipinski definition) is 4. The van der Waals surface area contributed by atoms with Crippen LogP contribution in [-0.4, -0.2) is 13.7 Å². The van der Waals surface area contributed by atoms with Crippen LogP contribution in [0.25, 0.3) is 0 Å². The third kappa shape index (κ3) is 4.33. The Hall–Kier alpha value is -1.39. The molecule has 0 radical (unpaired) electrons. The van der Waals surface area contributed by atoms with Crippen LogP contribution < -0.4 is 10.1 Å². The van der Waals surface area contributed by atoms with Crippen LogP contribution in [0, 0.1) is 0 Å². The minimum absolute atomic E-state index is 0.795. The van der Waals surface area contributed by atoms with Crippen molar-refractivity contribution in [1.29, 1.82) is 0 Å². The van der Waals surface area contributed by atoms with E-state index in [4.69, 9.17) is 9.15 Å². The molecule has 0 saturated carbocycles. The minimum Gasteiger partial charge on any atom is -0.497 e. The van der Waals surface area contributed by atoms with Gasteiger partial charge in [0.2, 0.25) is 0 Å². The first-order valence-electron chi connectivity index (χ1n) is 6.37.